The highest BCUT2D eigenvalue weighted by molar-refractivity contribution is 5.92. The predicted octanol–water partition coefficient (Wildman–Crippen LogP) is 2.21. The van der Waals surface area contributed by atoms with E-state index >= 15 is 0 Å². The van der Waals surface area contributed by atoms with Gasteiger partial charge in [-0.1, -0.05) is 6.07 Å². The van der Waals surface area contributed by atoms with Crippen molar-refractivity contribution >= 4 is 5.91 Å². The molecule has 0 fully saturated rings. The van der Waals surface area contributed by atoms with E-state index in [-0.39, 0.29) is 5.91 Å². The number of aryl methyl sites for hydroxylation is 1. The zero-order valence-electron chi connectivity index (χ0n) is 13.3. The minimum Gasteiger partial charge on any atom is -0.350 e. The van der Waals surface area contributed by atoms with Gasteiger partial charge in [0.05, 0.1) is 5.69 Å². The maximum Gasteiger partial charge on any atom is 0.269 e. The maximum absolute atomic E-state index is 12.0. The Kier molecular flexibility index (Phi) is 4.86. The van der Waals surface area contributed by atoms with Crippen LogP contribution in [0.5, 0.6) is 0 Å². The molecule has 0 bridgehead atoms. The Balaban J connectivity index is 1.71. The number of hydrogen-bond acceptors (Lipinski definition) is 5. The highest BCUT2D eigenvalue weighted by atomic mass is 16.1. The van der Waals surface area contributed by atoms with Crippen LogP contribution in [0, 0.1) is 6.92 Å². The molecule has 3 aromatic rings. The molecule has 6 nitrogen and oxygen atoms in total. The molecule has 0 saturated heterocycles. The number of aromatic nitrogens is 4. The van der Waals surface area contributed by atoms with Gasteiger partial charge >= 0.3 is 0 Å². The highest BCUT2D eigenvalue weighted by Crippen LogP contribution is 2.21. The molecule has 0 spiro atoms. The van der Waals surface area contributed by atoms with E-state index in [9.17, 15) is 4.79 Å². The molecule has 0 unspecified atom stereocenters. The van der Waals surface area contributed by atoms with Gasteiger partial charge in [-0.05, 0) is 36.8 Å². The van der Waals surface area contributed by atoms with E-state index in [1.54, 1.807) is 36.8 Å². The van der Waals surface area contributed by atoms with Crippen molar-refractivity contribution < 1.29 is 4.79 Å². The number of rotatable bonds is 5. The fraction of sp³-hybridized carbons (Fsp3) is 0.167. The summed E-state index contributed by atoms with van der Waals surface area (Å²) in [5.74, 6) is 0.519. The topological polar surface area (TPSA) is 80.7 Å². The Hall–Kier alpha value is -3.15. The van der Waals surface area contributed by atoms with Crippen LogP contribution in [0.2, 0.25) is 0 Å². The molecule has 0 aliphatic carbocycles. The summed E-state index contributed by atoms with van der Waals surface area (Å²) in [6, 6.07) is 9.10. The third-order valence-corrected chi connectivity index (χ3v) is 3.52. The summed E-state index contributed by atoms with van der Waals surface area (Å²) in [6.45, 7) is 2.33. The van der Waals surface area contributed by atoms with Crippen LogP contribution >= 0.6 is 0 Å². The second kappa shape index (κ2) is 7.41. The van der Waals surface area contributed by atoms with Gasteiger partial charge in [-0.25, -0.2) is 9.97 Å². The minimum absolute atomic E-state index is 0.188. The standard InChI is InChI=1S/C18H17N5O/c1-13-22-12-15(14-5-9-19-10-6-14)16(23-13)7-11-21-18(24)17-4-2-3-8-20-17/h2-6,8-10,12H,7,11H2,1H3,(H,21,24). The van der Waals surface area contributed by atoms with E-state index in [4.69, 9.17) is 0 Å². The van der Waals surface area contributed by atoms with Gasteiger partial charge in [0.2, 0.25) is 0 Å². The van der Waals surface area contributed by atoms with Crippen molar-refractivity contribution in [3.8, 4) is 11.1 Å². The molecule has 3 aromatic heterocycles. The fourth-order valence-electron chi connectivity index (χ4n) is 2.36. The van der Waals surface area contributed by atoms with Crippen LogP contribution < -0.4 is 5.32 Å². The molecule has 0 aliphatic heterocycles. The lowest BCUT2D eigenvalue weighted by atomic mass is 10.1. The van der Waals surface area contributed by atoms with Crippen molar-refractivity contribution in [2.75, 3.05) is 6.54 Å². The molecule has 3 heterocycles. The molecule has 0 aromatic carbocycles. The lowest BCUT2D eigenvalue weighted by Gasteiger charge is -2.10. The number of carbonyl (C=O) groups excluding carboxylic acids is 1. The van der Waals surface area contributed by atoms with Gasteiger partial charge in [0.1, 0.15) is 11.5 Å². The van der Waals surface area contributed by atoms with E-state index in [1.807, 2.05) is 25.3 Å². The molecule has 1 amide bonds. The van der Waals surface area contributed by atoms with E-state index in [1.165, 1.54) is 0 Å². The molecular weight excluding hydrogens is 302 g/mol. The monoisotopic (exact) mass is 319 g/mol. The van der Waals surface area contributed by atoms with Crippen molar-refractivity contribution in [3.05, 3.63) is 72.3 Å². The van der Waals surface area contributed by atoms with Gasteiger partial charge in [-0.2, -0.15) is 0 Å². The van der Waals surface area contributed by atoms with Gasteiger partial charge in [-0.15, -0.1) is 0 Å². The van der Waals surface area contributed by atoms with Gasteiger partial charge in [0.25, 0.3) is 5.91 Å². The van der Waals surface area contributed by atoms with Crippen molar-refractivity contribution in [1.29, 1.82) is 0 Å². The Bertz CT molecular complexity index is 821. The minimum atomic E-state index is -0.188. The lowest BCUT2D eigenvalue weighted by Crippen LogP contribution is -2.26. The Labute approximate surface area is 140 Å². The Morgan fingerprint density at radius 2 is 1.92 bits per heavy atom. The largest absolute Gasteiger partial charge is 0.350 e. The third kappa shape index (κ3) is 3.78. The summed E-state index contributed by atoms with van der Waals surface area (Å²) in [7, 11) is 0. The van der Waals surface area contributed by atoms with Crippen molar-refractivity contribution in [3.63, 3.8) is 0 Å². The molecular formula is C18H17N5O. The first kappa shape index (κ1) is 15.7. The van der Waals surface area contributed by atoms with Gasteiger partial charge in [0.15, 0.2) is 0 Å². The first-order valence-electron chi connectivity index (χ1n) is 7.66. The third-order valence-electron chi connectivity index (χ3n) is 3.52. The zero-order chi connectivity index (χ0) is 16.8. The summed E-state index contributed by atoms with van der Waals surface area (Å²) in [5, 5.41) is 2.87. The van der Waals surface area contributed by atoms with Gasteiger partial charge in [-0.3, -0.25) is 14.8 Å². The number of nitrogens with zero attached hydrogens (tertiary/aromatic N) is 4. The highest BCUT2D eigenvalue weighted by Gasteiger charge is 2.10. The molecule has 3 rings (SSSR count). The van der Waals surface area contributed by atoms with Crippen molar-refractivity contribution in [2.45, 2.75) is 13.3 Å². The zero-order valence-corrected chi connectivity index (χ0v) is 13.3. The molecule has 0 atom stereocenters. The number of amides is 1. The number of nitrogens with one attached hydrogen (secondary N) is 1. The van der Waals surface area contributed by atoms with Crippen molar-refractivity contribution in [1.82, 2.24) is 25.3 Å². The first-order valence-corrected chi connectivity index (χ1v) is 7.66. The molecule has 120 valence electrons. The van der Waals surface area contributed by atoms with Crippen LogP contribution in [0.25, 0.3) is 11.1 Å². The van der Waals surface area contributed by atoms with E-state index in [0.29, 0.717) is 24.5 Å². The fourth-order valence-corrected chi connectivity index (χ4v) is 2.36. The smallest absolute Gasteiger partial charge is 0.269 e. The molecule has 0 saturated carbocycles. The van der Waals surface area contributed by atoms with E-state index in [0.717, 1.165) is 16.8 Å². The summed E-state index contributed by atoms with van der Waals surface area (Å²) >= 11 is 0. The average molecular weight is 319 g/mol. The maximum atomic E-state index is 12.0. The normalized spacial score (nSPS) is 10.4. The lowest BCUT2D eigenvalue weighted by molar-refractivity contribution is 0.0949. The molecule has 24 heavy (non-hydrogen) atoms. The quantitative estimate of drug-likeness (QED) is 0.780. The Morgan fingerprint density at radius 1 is 1.08 bits per heavy atom. The van der Waals surface area contributed by atoms with Crippen LogP contribution in [0.15, 0.2) is 55.1 Å². The van der Waals surface area contributed by atoms with Crippen molar-refractivity contribution in [2.24, 2.45) is 0 Å². The van der Waals surface area contributed by atoms with Crippen LogP contribution in [0.1, 0.15) is 22.0 Å². The number of pyridine rings is 2. The SMILES string of the molecule is Cc1ncc(-c2ccncc2)c(CCNC(=O)c2ccccn2)n1. The van der Waals surface area contributed by atoms with Gasteiger partial charge in [0, 0.05) is 43.3 Å². The molecule has 0 radical (unpaired) electrons. The van der Waals surface area contributed by atoms with E-state index in [2.05, 4.69) is 25.3 Å². The molecule has 1 N–H and O–H groups in total. The van der Waals surface area contributed by atoms with Crippen LogP contribution in [0.4, 0.5) is 0 Å². The van der Waals surface area contributed by atoms with Crippen LogP contribution in [-0.4, -0.2) is 32.4 Å². The second-order valence-electron chi connectivity index (χ2n) is 5.23. The van der Waals surface area contributed by atoms with Crippen LogP contribution in [-0.2, 0) is 6.42 Å². The first-order chi connectivity index (χ1) is 11.7. The van der Waals surface area contributed by atoms with Crippen LogP contribution in [0.3, 0.4) is 0 Å². The summed E-state index contributed by atoms with van der Waals surface area (Å²) < 4.78 is 0. The number of hydrogen-bond donors (Lipinski definition) is 1. The second-order valence-corrected chi connectivity index (χ2v) is 5.23. The van der Waals surface area contributed by atoms with Gasteiger partial charge < -0.3 is 5.32 Å². The van der Waals surface area contributed by atoms with E-state index < -0.39 is 0 Å². The molecule has 6 heteroatoms. The summed E-state index contributed by atoms with van der Waals surface area (Å²) in [5.41, 5.74) is 3.27. The number of carbonyl (C=O) groups is 1. The average Bonchev–Trinajstić information content (AvgIpc) is 2.63. The molecule has 0 aliphatic rings. The predicted molar refractivity (Wildman–Crippen MR) is 90.3 cm³/mol. The summed E-state index contributed by atoms with van der Waals surface area (Å²) in [6.07, 6.45) is 7.50. The summed E-state index contributed by atoms with van der Waals surface area (Å²) in [4.78, 5) is 28.9. The Morgan fingerprint density at radius 3 is 2.67 bits per heavy atom.